The SMILES string of the molecule is CCOCCCNS(=O)(=O)c1ccc(C#N)cc1. The summed E-state index contributed by atoms with van der Waals surface area (Å²) in [5.41, 5.74) is 0.435. The molecule has 0 radical (unpaired) electrons. The van der Waals surface area contributed by atoms with Gasteiger partial charge in [0, 0.05) is 19.8 Å². The average molecular weight is 268 g/mol. The van der Waals surface area contributed by atoms with Crippen molar-refractivity contribution in [1.29, 1.82) is 5.26 Å². The van der Waals surface area contributed by atoms with Crippen molar-refractivity contribution in [3.05, 3.63) is 29.8 Å². The van der Waals surface area contributed by atoms with Crippen LogP contribution in [0, 0.1) is 11.3 Å². The van der Waals surface area contributed by atoms with Crippen molar-refractivity contribution in [2.75, 3.05) is 19.8 Å². The summed E-state index contributed by atoms with van der Waals surface area (Å²) in [6.07, 6.45) is 0.628. The van der Waals surface area contributed by atoms with Crippen LogP contribution in [-0.2, 0) is 14.8 Å². The van der Waals surface area contributed by atoms with Crippen molar-refractivity contribution >= 4 is 10.0 Å². The number of nitrogens with one attached hydrogen (secondary N) is 1. The quantitative estimate of drug-likeness (QED) is 0.755. The van der Waals surface area contributed by atoms with Gasteiger partial charge in [-0.25, -0.2) is 13.1 Å². The highest BCUT2D eigenvalue weighted by atomic mass is 32.2. The van der Waals surface area contributed by atoms with Gasteiger partial charge in [0.2, 0.25) is 10.0 Å². The van der Waals surface area contributed by atoms with Crippen LogP contribution >= 0.6 is 0 Å². The molecule has 1 rings (SSSR count). The van der Waals surface area contributed by atoms with E-state index in [1.165, 1.54) is 24.3 Å². The summed E-state index contributed by atoms with van der Waals surface area (Å²) in [5.74, 6) is 0. The Bertz CT molecular complexity index is 503. The minimum absolute atomic E-state index is 0.165. The van der Waals surface area contributed by atoms with Crippen LogP contribution in [0.5, 0.6) is 0 Å². The molecule has 0 saturated carbocycles. The predicted molar refractivity (Wildman–Crippen MR) is 67.5 cm³/mol. The Hall–Kier alpha value is -1.42. The lowest BCUT2D eigenvalue weighted by atomic mass is 10.2. The molecule has 0 heterocycles. The lowest BCUT2D eigenvalue weighted by molar-refractivity contribution is 0.146. The van der Waals surface area contributed by atoms with E-state index in [4.69, 9.17) is 10.00 Å². The zero-order chi connectivity index (χ0) is 13.4. The summed E-state index contributed by atoms with van der Waals surface area (Å²) in [6.45, 7) is 3.39. The number of ether oxygens (including phenoxy) is 1. The maximum Gasteiger partial charge on any atom is 0.240 e. The molecule has 0 bridgehead atoms. The molecular weight excluding hydrogens is 252 g/mol. The molecule has 98 valence electrons. The molecule has 0 aliphatic carbocycles. The van der Waals surface area contributed by atoms with Crippen molar-refractivity contribution in [2.45, 2.75) is 18.2 Å². The third-order valence-electron chi connectivity index (χ3n) is 2.26. The fourth-order valence-electron chi connectivity index (χ4n) is 1.32. The first kappa shape index (κ1) is 14.6. The van der Waals surface area contributed by atoms with E-state index in [-0.39, 0.29) is 4.90 Å². The van der Waals surface area contributed by atoms with E-state index in [9.17, 15) is 8.42 Å². The van der Waals surface area contributed by atoms with Crippen molar-refractivity contribution in [2.24, 2.45) is 0 Å². The molecule has 0 amide bonds. The predicted octanol–water partition coefficient (Wildman–Crippen LogP) is 1.26. The van der Waals surface area contributed by atoms with E-state index in [0.717, 1.165) is 0 Å². The minimum Gasteiger partial charge on any atom is -0.382 e. The molecule has 0 aliphatic rings. The van der Waals surface area contributed by atoms with Crippen molar-refractivity contribution < 1.29 is 13.2 Å². The van der Waals surface area contributed by atoms with Gasteiger partial charge in [-0.15, -0.1) is 0 Å². The molecule has 6 heteroatoms. The van der Waals surface area contributed by atoms with E-state index in [1.807, 2.05) is 13.0 Å². The average Bonchev–Trinajstić information content (AvgIpc) is 2.38. The largest absolute Gasteiger partial charge is 0.382 e. The summed E-state index contributed by atoms with van der Waals surface area (Å²) in [5, 5.41) is 8.63. The van der Waals surface area contributed by atoms with Crippen LogP contribution in [0.15, 0.2) is 29.2 Å². The molecule has 0 fully saturated rings. The van der Waals surface area contributed by atoms with Crippen LogP contribution < -0.4 is 4.72 Å². The van der Waals surface area contributed by atoms with Crippen LogP contribution in [0.2, 0.25) is 0 Å². The van der Waals surface area contributed by atoms with Crippen LogP contribution in [0.25, 0.3) is 0 Å². The summed E-state index contributed by atoms with van der Waals surface area (Å²) >= 11 is 0. The van der Waals surface area contributed by atoms with Gasteiger partial charge < -0.3 is 4.74 Å². The fourth-order valence-corrected chi connectivity index (χ4v) is 2.39. The third-order valence-corrected chi connectivity index (χ3v) is 3.73. The van der Waals surface area contributed by atoms with Gasteiger partial charge in [0.05, 0.1) is 16.5 Å². The molecule has 5 nitrogen and oxygen atoms in total. The second-order valence-corrected chi connectivity index (χ2v) is 5.35. The first-order valence-electron chi connectivity index (χ1n) is 5.67. The summed E-state index contributed by atoms with van der Waals surface area (Å²) in [6, 6.07) is 7.74. The molecule has 0 spiro atoms. The van der Waals surface area contributed by atoms with Gasteiger partial charge in [-0.1, -0.05) is 0 Å². The second kappa shape index (κ2) is 7.11. The highest BCUT2D eigenvalue weighted by Gasteiger charge is 2.12. The first-order valence-corrected chi connectivity index (χ1v) is 7.16. The molecule has 1 N–H and O–H groups in total. The summed E-state index contributed by atoms with van der Waals surface area (Å²) in [7, 11) is -3.49. The molecule has 0 aromatic heterocycles. The number of benzene rings is 1. The van der Waals surface area contributed by atoms with E-state index >= 15 is 0 Å². The van der Waals surface area contributed by atoms with Crippen molar-refractivity contribution in [1.82, 2.24) is 4.72 Å². The number of sulfonamides is 1. The molecule has 1 aromatic carbocycles. The Labute approximate surface area is 107 Å². The minimum atomic E-state index is -3.49. The number of hydrogen-bond donors (Lipinski definition) is 1. The Morgan fingerprint density at radius 3 is 2.56 bits per heavy atom. The Morgan fingerprint density at radius 2 is 2.00 bits per heavy atom. The zero-order valence-corrected chi connectivity index (χ0v) is 11.0. The second-order valence-electron chi connectivity index (χ2n) is 3.58. The maximum atomic E-state index is 11.8. The Kier molecular flexibility index (Phi) is 5.78. The normalized spacial score (nSPS) is 11.1. The topological polar surface area (TPSA) is 79.2 Å². The Balaban J connectivity index is 2.55. The van der Waals surface area contributed by atoms with Gasteiger partial charge in [-0.3, -0.25) is 0 Å². The Morgan fingerprint density at radius 1 is 1.33 bits per heavy atom. The molecule has 1 aromatic rings. The van der Waals surface area contributed by atoms with Crippen molar-refractivity contribution in [3.63, 3.8) is 0 Å². The molecular formula is C12H16N2O3S. The summed E-state index contributed by atoms with van der Waals surface area (Å²) < 4.78 is 31.3. The van der Waals surface area contributed by atoms with Gasteiger partial charge in [-0.2, -0.15) is 5.26 Å². The van der Waals surface area contributed by atoms with Crippen LogP contribution in [-0.4, -0.2) is 28.2 Å². The third kappa shape index (κ3) is 4.45. The lowest BCUT2D eigenvalue weighted by Crippen LogP contribution is -2.25. The van der Waals surface area contributed by atoms with Gasteiger partial charge in [0.25, 0.3) is 0 Å². The fraction of sp³-hybridized carbons (Fsp3) is 0.417. The van der Waals surface area contributed by atoms with E-state index in [2.05, 4.69) is 4.72 Å². The van der Waals surface area contributed by atoms with Crippen LogP contribution in [0.1, 0.15) is 18.9 Å². The molecule has 18 heavy (non-hydrogen) atoms. The molecule has 0 aliphatic heterocycles. The van der Waals surface area contributed by atoms with Crippen molar-refractivity contribution in [3.8, 4) is 6.07 Å². The number of hydrogen-bond acceptors (Lipinski definition) is 4. The van der Waals surface area contributed by atoms with Gasteiger partial charge in [0.1, 0.15) is 0 Å². The number of rotatable bonds is 7. The smallest absolute Gasteiger partial charge is 0.240 e. The highest BCUT2D eigenvalue weighted by molar-refractivity contribution is 7.89. The van der Waals surface area contributed by atoms with E-state index in [0.29, 0.717) is 31.7 Å². The van der Waals surface area contributed by atoms with Gasteiger partial charge in [0.15, 0.2) is 0 Å². The first-order chi connectivity index (χ1) is 8.60. The maximum absolute atomic E-state index is 11.8. The summed E-state index contributed by atoms with van der Waals surface area (Å²) in [4.78, 5) is 0.165. The number of nitriles is 1. The lowest BCUT2D eigenvalue weighted by Gasteiger charge is -2.06. The van der Waals surface area contributed by atoms with Gasteiger partial charge in [-0.05, 0) is 37.6 Å². The molecule has 0 atom stereocenters. The van der Waals surface area contributed by atoms with Gasteiger partial charge >= 0.3 is 0 Å². The number of nitrogens with zero attached hydrogens (tertiary/aromatic N) is 1. The molecule has 0 unspecified atom stereocenters. The monoisotopic (exact) mass is 268 g/mol. The van der Waals surface area contributed by atoms with Crippen LogP contribution in [0.3, 0.4) is 0 Å². The standard InChI is InChI=1S/C12H16N2O3S/c1-2-17-9-3-8-14-18(15,16)12-6-4-11(10-13)5-7-12/h4-7,14H,2-3,8-9H2,1H3. The highest BCUT2D eigenvalue weighted by Crippen LogP contribution is 2.09. The van der Waals surface area contributed by atoms with E-state index in [1.54, 1.807) is 0 Å². The van der Waals surface area contributed by atoms with Crippen LogP contribution in [0.4, 0.5) is 0 Å². The molecule has 0 saturated heterocycles. The zero-order valence-electron chi connectivity index (χ0n) is 10.2. The van der Waals surface area contributed by atoms with E-state index < -0.39 is 10.0 Å².